The molecule has 1 aliphatic rings. The van der Waals surface area contributed by atoms with E-state index in [4.69, 9.17) is 11.6 Å². The van der Waals surface area contributed by atoms with Crippen molar-refractivity contribution in [2.45, 2.75) is 12.5 Å². The summed E-state index contributed by atoms with van der Waals surface area (Å²) in [6.07, 6.45) is 2.22. The average molecular weight is 412 g/mol. The second-order valence-electron chi connectivity index (χ2n) is 5.63. The minimum absolute atomic E-state index is 0.0434. The Bertz CT molecular complexity index is 854. The van der Waals surface area contributed by atoms with Crippen LogP contribution in [-0.4, -0.2) is 35.3 Å². The predicted molar refractivity (Wildman–Crippen MR) is 97.8 cm³/mol. The van der Waals surface area contributed by atoms with Crippen LogP contribution in [0.5, 0.6) is 0 Å². The van der Waals surface area contributed by atoms with Crippen molar-refractivity contribution < 1.29 is 4.79 Å². The van der Waals surface area contributed by atoms with Crippen LogP contribution in [-0.2, 0) is 11.8 Å². The average Bonchev–Trinajstić information content (AvgIpc) is 2.94. The van der Waals surface area contributed by atoms with Gasteiger partial charge in [-0.05, 0) is 34.5 Å². The van der Waals surface area contributed by atoms with E-state index in [0.29, 0.717) is 33.8 Å². The summed E-state index contributed by atoms with van der Waals surface area (Å²) in [4.78, 5) is 28.4. The molecule has 8 heteroatoms. The van der Waals surface area contributed by atoms with Crippen molar-refractivity contribution in [3.63, 3.8) is 0 Å². The van der Waals surface area contributed by atoms with Gasteiger partial charge in [0, 0.05) is 20.6 Å². The highest BCUT2D eigenvalue weighted by Gasteiger charge is 2.37. The van der Waals surface area contributed by atoms with Crippen LogP contribution >= 0.6 is 27.5 Å². The topological polar surface area (TPSA) is 58.4 Å². The smallest absolute Gasteiger partial charge is 0.282 e. The molecule has 2 heterocycles. The van der Waals surface area contributed by atoms with Crippen molar-refractivity contribution in [3.05, 3.63) is 50.3 Å². The summed E-state index contributed by atoms with van der Waals surface area (Å²) in [6.45, 7) is 0.577. The van der Waals surface area contributed by atoms with Crippen LogP contribution in [0.25, 0.3) is 0 Å². The molecule has 2 aromatic rings. The molecular weight excluding hydrogens is 396 g/mol. The third-order valence-corrected chi connectivity index (χ3v) is 5.29. The molecule has 1 saturated heterocycles. The molecule has 3 rings (SSSR count). The number of rotatable bonds is 3. The van der Waals surface area contributed by atoms with E-state index in [9.17, 15) is 9.59 Å². The Morgan fingerprint density at radius 1 is 1.33 bits per heavy atom. The van der Waals surface area contributed by atoms with E-state index in [2.05, 4.69) is 21.0 Å². The van der Waals surface area contributed by atoms with Crippen LogP contribution in [0.1, 0.15) is 6.42 Å². The fourth-order valence-electron chi connectivity index (χ4n) is 2.85. The molecule has 1 aromatic heterocycles. The van der Waals surface area contributed by atoms with E-state index < -0.39 is 0 Å². The highest BCUT2D eigenvalue weighted by atomic mass is 79.9. The third kappa shape index (κ3) is 2.82. The summed E-state index contributed by atoms with van der Waals surface area (Å²) in [7, 11) is 3.37. The number of amides is 1. The van der Waals surface area contributed by atoms with E-state index in [1.54, 1.807) is 36.2 Å². The number of carbonyl (C=O) groups excluding carboxylic acids is 1. The van der Waals surface area contributed by atoms with Crippen molar-refractivity contribution in [1.82, 2.24) is 9.78 Å². The first kappa shape index (κ1) is 17.0. The highest BCUT2D eigenvalue weighted by molar-refractivity contribution is 9.10. The molecule has 1 fully saturated rings. The predicted octanol–water partition coefficient (Wildman–Crippen LogP) is 2.44. The van der Waals surface area contributed by atoms with E-state index in [0.717, 1.165) is 0 Å². The van der Waals surface area contributed by atoms with Crippen LogP contribution in [0.15, 0.2) is 39.7 Å². The number of hydrogen-bond acceptors (Lipinski definition) is 4. The molecule has 0 saturated carbocycles. The zero-order valence-electron chi connectivity index (χ0n) is 13.2. The van der Waals surface area contributed by atoms with Gasteiger partial charge < -0.3 is 9.80 Å². The lowest BCUT2D eigenvalue weighted by molar-refractivity contribution is -0.118. The normalized spacial score (nSPS) is 17.4. The molecular formula is C16H16BrClN4O2. The van der Waals surface area contributed by atoms with Gasteiger partial charge in [-0.15, -0.1) is 0 Å². The van der Waals surface area contributed by atoms with Crippen LogP contribution in [0, 0.1) is 0 Å². The maximum Gasteiger partial charge on any atom is 0.282 e. The maximum absolute atomic E-state index is 12.8. The second-order valence-corrected chi connectivity index (χ2v) is 6.83. The molecule has 1 aromatic carbocycles. The van der Waals surface area contributed by atoms with Crippen molar-refractivity contribution in [2.24, 2.45) is 7.05 Å². The lowest BCUT2D eigenvalue weighted by atomic mass is 10.2. The van der Waals surface area contributed by atoms with E-state index in [-0.39, 0.29) is 17.5 Å². The summed E-state index contributed by atoms with van der Waals surface area (Å²) < 4.78 is 1.64. The molecule has 1 unspecified atom stereocenters. The summed E-state index contributed by atoms with van der Waals surface area (Å²) in [5.74, 6) is -0.0434. The number of halogens is 2. The van der Waals surface area contributed by atoms with Crippen molar-refractivity contribution in [2.75, 3.05) is 23.4 Å². The number of nitrogens with zero attached hydrogens (tertiary/aromatic N) is 4. The Labute approximate surface area is 152 Å². The molecule has 1 amide bonds. The maximum atomic E-state index is 12.8. The van der Waals surface area contributed by atoms with E-state index in [1.807, 2.05) is 18.2 Å². The van der Waals surface area contributed by atoms with Gasteiger partial charge in [0.2, 0.25) is 5.91 Å². The van der Waals surface area contributed by atoms with E-state index >= 15 is 0 Å². The lowest BCUT2D eigenvalue weighted by Crippen LogP contribution is -2.41. The summed E-state index contributed by atoms with van der Waals surface area (Å²) in [6, 6.07) is 6.92. The first-order valence-electron chi connectivity index (χ1n) is 7.42. The molecule has 0 N–H and O–H groups in total. The Morgan fingerprint density at radius 3 is 2.75 bits per heavy atom. The minimum Gasteiger partial charge on any atom is -0.360 e. The molecule has 24 heavy (non-hydrogen) atoms. The Kier molecular flexibility index (Phi) is 4.64. The zero-order valence-corrected chi connectivity index (χ0v) is 15.6. The number of aryl methyl sites for hydroxylation is 1. The molecule has 0 aliphatic carbocycles. The molecule has 1 aliphatic heterocycles. The lowest BCUT2D eigenvalue weighted by Gasteiger charge is -2.26. The van der Waals surface area contributed by atoms with Crippen molar-refractivity contribution in [3.8, 4) is 0 Å². The summed E-state index contributed by atoms with van der Waals surface area (Å²) in [5.41, 5.74) is 1.06. The van der Waals surface area contributed by atoms with Crippen LogP contribution in [0.4, 0.5) is 11.4 Å². The number of carbonyl (C=O) groups is 1. The van der Waals surface area contributed by atoms with Gasteiger partial charge in [0.1, 0.15) is 10.5 Å². The standard InChI is InChI=1S/C16H16BrClN4O2/c1-20(13-9-19-21(2)16(24)14(13)17)12-7-8-22(15(12)23)11-6-4-3-5-10(11)18/h3-6,9,12H,7-8H2,1-2H3. The SMILES string of the molecule is CN(c1cnn(C)c(=O)c1Br)C1CCN(c2ccccc2Cl)C1=O. The monoisotopic (exact) mass is 410 g/mol. The van der Waals surface area contributed by atoms with Gasteiger partial charge >= 0.3 is 0 Å². The zero-order chi connectivity index (χ0) is 17.4. The Morgan fingerprint density at radius 2 is 2.04 bits per heavy atom. The van der Waals surface area contributed by atoms with Gasteiger partial charge in [-0.3, -0.25) is 9.59 Å². The van der Waals surface area contributed by atoms with Crippen molar-refractivity contribution >= 4 is 44.8 Å². The Hall–Kier alpha value is -1.86. The van der Waals surface area contributed by atoms with Gasteiger partial charge in [-0.25, -0.2) is 4.68 Å². The number of hydrogen-bond donors (Lipinski definition) is 0. The first-order valence-corrected chi connectivity index (χ1v) is 8.59. The van der Waals surface area contributed by atoms with Gasteiger partial charge in [-0.2, -0.15) is 5.10 Å². The van der Waals surface area contributed by atoms with Crippen LogP contribution < -0.4 is 15.4 Å². The third-order valence-electron chi connectivity index (χ3n) is 4.23. The minimum atomic E-state index is -0.369. The number of likely N-dealkylation sites (N-methyl/N-ethyl adjacent to an activating group) is 1. The molecule has 0 radical (unpaired) electrons. The second kappa shape index (κ2) is 6.57. The summed E-state index contributed by atoms with van der Waals surface area (Å²) in [5, 5.41) is 4.58. The fourth-order valence-corrected chi connectivity index (χ4v) is 3.73. The van der Waals surface area contributed by atoms with Gasteiger partial charge in [0.05, 0.1) is 22.6 Å². The fraction of sp³-hybridized carbons (Fsp3) is 0.312. The quantitative estimate of drug-likeness (QED) is 0.778. The molecule has 1 atom stereocenters. The molecule has 126 valence electrons. The van der Waals surface area contributed by atoms with Gasteiger partial charge in [-0.1, -0.05) is 23.7 Å². The van der Waals surface area contributed by atoms with Crippen LogP contribution in [0.3, 0.4) is 0 Å². The number of benzene rings is 1. The van der Waals surface area contributed by atoms with E-state index in [1.165, 1.54) is 4.68 Å². The van der Waals surface area contributed by atoms with Crippen LogP contribution in [0.2, 0.25) is 5.02 Å². The molecule has 6 nitrogen and oxygen atoms in total. The Balaban J connectivity index is 1.89. The number of anilines is 2. The largest absolute Gasteiger partial charge is 0.360 e. The number of aromatic nitrogens is 2. The molecule has 0 spiro atoms. The highest BCUT2D eigenvalue weighted by Crippen LogP contribution is 2.32. The van der Waals surface area contributed by atoms with Gasteiger partial charge in [0.25, 0.3) is 5.56 Å². The summed E-state index contributed by atoms with van der Waals surface area (Å²) >= 11 is 9.52. The van der Waals surface area contributed by atoms with Crippen molar-refractivity contribution in [1.29, 1.82) is 0 Å². The first-order chi connectivity index (χ1) is 11.4. The number of para-hydroxylation sites is 1. The molecule has 0 bridgehead atoms. The van der Waals surface area contributed by atoms with Gasteiger partial charge in [0.15, 0.2) is 0 Å².